The number of nitrogens with one attached hydrogen (secondary N) is 2. The maximum atomic E-state index is 10.7. The Kier molecular flexibility index (Phi) is 9.73. The van der Waals surface area contributed by atoms with Crippen LogP contribution in [0.3, 0.4) is 0 Å². The average molecular weight is 461 g/mol. The molecule has 1 aromatic carbocycles. The predicted octanol–water partition coefficient (Wildman–Crippen LogP) is 2.75. The number of halogens is 1. The third kappa shape index (κ3) is 7.15. The van der Waals surface area contributed by atoms with Crippen molar-refractivity contribution in [2.24, 2.45) is 4.99 Å². The standard InChI is InChI=1S/C17H27N5O2.HI/c1-3-10-21-11-8-15(9-12-21)20-17(18-2)19-13-14-4-6-16(7-5-14)22(23)24;/h4-7,15H,3,8-13H2,1-2H3,(H2,18,19,20);1H. The topological polar surface area (TPSA) is 82.8 Å². The Bertz CT molecular complexity index is 557. The maximum absolute atomic E-state index is 10.7. The number of nitro benzene ring substituents is 1. The number of benzene rings is 1. The molecule has 0 aromatic heterocycles. The van der Waals surface area contributed by atoms with Gasteiger partial charge in [0.2, 0.25) is 0 Å². The van der Waals surface area contributed by atoms with Gasteiger partial charge in [0.25, 0.3) is 5.69 Å². The van der Waals surface area contributed by atoms with Crippen LogP contribution >= 0.6 is 24.0 Å². The van der Waals surface area contributed by atoms with Crippen molar-refractivity contribution in [2.45, 2.75) is 38.8 Å². The van der Waals surface area contributed by atoms with Crippen LogP contribution in [0.1, 0.15) is 31.7 Å². The number of non-ortho nitro benzene ring substituents is 1. The molecule has 2 N–H and O–H groups in total. The Morgan fingerprint density at radius 2 is 1.96 bits per heavy atom. The van der Waals surface area contributed by atoms with Crippen molar-refractivity contribution in [2.75, 3.05) is 26.7 Å². The average Bonchev–Trinajstić information content (AvgIpc) is 2.60. The summed E-state index contributed by atoms with van der Waals surface area (Å²) >= 11 is 0. The van der Waals surface area contributed by atoms with Gasteiger partial charge in [0, 0.05) is 44.9 Å². The normalized spacial score (nSPS) is 16.2. The minimum absolute atomic E-state index is 0. The van der Waals surface area contributed by atoms with Crippen LogP contribution in [0.2, 0.25) is 0 Å². The molecule has 1 aromatic rings. The highest BCUT2D eigenvalue weighted by molar-refractivity contribution is 14.0. The van der Waals surface area contributed by atoms with Crippen LogP contribution in [-0.4, -0.2) is 48.5 Å². The van der Waals surface area contributed by atoms with Gasteiger partial charge in [-0.3, -0.25) is 15.1 Å². The Hall–Kier alpha value is -1.42. The molecule has 7 nitrogen and oxygen atoms in total. The van der Waals surface area contributed by atoms with E-state index in [0.717, 1.165) is 37.5 Å². The summed E-state index contributed by atoms with van der Waals surface area (Å²) in [5, 5.41) is 17.4. The maximum Gasteiger partial charge on any atom is 0.269 e. The number of nitro groups is 1. The molecule has 0 bridgehead atoms. The Balaban J connectivity index is 0.00000312. The summed E-state index contributed by atoms with van der Waals surface area (Å²) in [6.07, 6.45) is 3.45. The molecular formula is C17H28IN5O2. The predicted molar refractivity (Wildman–Crippen MR) is 112 cm³/mol. The fourth-order valence-corrected chi connectivity index (χ4v) is 2.93. The molecule has 8 heteroatoms. The molecule has 1 aliphatic rings. The van der Waals surface area contributed by atoms with Crippen LogP contribution in [0.15, 0.2) is 29.3 Å². The van der Waals surface area contributed by atoms with Crippen LogP contribution in [0.4, 0.5) is 5.69 Å². The molecule has 0 radical (unpaired) electrons. The van der Waals surface area contributed by atoms with Gasteiger partial charge in [-0.15, -0.1) is 24.0 Å². The van der Waals surface area contributed by atoms with E-state index in [1.807, 2.05) is 0 Å². The minimum atomic E-state index is -0.386. The first-order chi connectivity index (χ1) is 11.6. The van der Waals surface area contributed by atoms with Gasteiger partial charge in [-0.1, -0.05) is 19.1 Å². The lowest BCUT2D eigenvalue weighted by Gasteiger charge is -2.32. The zero-order valence-corrected chi connectivity index (χ0v) is 17.2. The highest BCUT2D eigenvalue weighted by atomic mass is 127. The smallest absolute Gasteiger partial charge is 0.269 e. The molecule has 2 rings (SSSR count). The van der Waals surface area contributed by atoms with Gasteiger partial charge in [0.05, 0.1) is 4.92 Å². The molecule has 0 atom stereocenters. The first-order valence-corrected chi connectivity index (χ1v) is 8.55. The van der Waals surface area contributed by atoms with Gasteiger partial charge in [-0.25, -0.2) is 0 Å². The highest BCUT2D eigenvalue weighted by Gasteiger charge is 2.19. The van der Waals surface area contributed by atoms with Crippen molar-refractivity contribution in [1.82, 2.24) is 15.5 Å². The second-order valence-corrected chi connectivity index (χ2v) is 6.11. The van der Waals surface area contributed by atoms with Crippen molar-refractivity contribution in [3.05, 3.63) is 39.9 Å². The summed E-state index contributed by atoms with van der Waals surface area (Å²) in [4.78, 5) is 17.1. The van der Waals surface area contributed by atoms with E-state index in [9.17, 15) is 10.1 Å². The summed E-state index contributed by atoms with van der Waals surface area (Å²) in [7, 11) is 1.76. The number of hydrogen-bond acceptors (Lipinski definition) is 4. The monoisotopic (exact) mass is 461 g/mol. The number of piperidine rings is 1. The molecule has 0 aliphatic carbocycles. The number of likely N-dealkylation sites (tertiary alicyclic amines) is 1. The molecular weight excluding hydrogens is 433 g/mol. The van der Waals surface area contributed by atoms with Crippen LogP contribution in [0, 0.1) is 10.1 Å². The summed E-state index contributed by atoms with van der Waals surface area (Å²) in [5.41, 5.74) is 1.10. The van der Waals surface area contributed by atoms with E-state index in [1.165, 1.54) is 25.1 Å². The second-order valence-electron chi connectivity index (χ2n) is 6.11. The van der Waals surface area contributed by atoms with Crippen molar-refractivity contribution < 1.29 is 4.92 Å². The first kappa shape index (κ1) is 21.6. The fraction of sp³-hybridized carbons (Fsp3) is 0.588. The quantitative estimate of drug-likeness (QED) is 0.224. The number of rotatable bonds is 6. The van der Waals surface area contributed by atoms with Crippen LogP contribution < -0.4 is 10.6 Å². The van der Waals surface area contributed by atoms with Crippen LogP contribution in [-0.2, 0) is 6.54 Å². The van der Waals surface area contributed by atoms with Gasteiger partial charge in [-0.05, 0) is 31.4 Å². The molecule has 1 heterocycles. The zero-order valence-electron chi connectivity index (χ0n) is 14.9. The fourth-order valence-electron chi connectivity index (χ4n) is 2.93. The summed E-state index contributed by atoms with van der Waals surface area (Å²) in [5.74, 6) is 0.780. The number of nitrogens with zero attached hydrogens (tertiary/aromatic N) is 3. The SMILES string of the molecule is CCCN1CCC(NC(=NC)NCc2ccc([N+](=O)[O-])cc2)CC1.I. The van der Waals surface area contributed by atoms with Gasteiger partial charge in [0.15, 0.2) is 5.96 Å². The number of hydrogen-bond donors (Lipinski definition) is 2. The Morgan fingerprint density at radius 3 is 2.48 bits per heavy atom. The van der Waals surface area contributed by atoms with E-state index in [1.54, 1.807) is 19.2 Å². The van der Waals surface area contributed by atoms with Gasteiger partial charge >= 0.3 is 0 Å². The molecule has 0 amide bonds. The third-order valence-corrected chi connectivity index (χ3v) is 4.30. The molecule has 25 heavy (non-hydrogen) atoms. The molecule has 1 saturated heterocycles. The minimum Gasteiger partial charge on any atom is -0.354 e. The number of aliphatic imine (C=N–C) groups is 1. The lowest BCUT2D eigenvalue weighted by molar-refractivity contribution is -0.384. The summed E-state index contributed by atoms with van der Waals surface area (Å²) in [6.45, 7) is 6.25. The molecule has 0 unspecified atom stereocenters. The highest BCUT2D eigenvalue weighted by Crippen LogP contribution is 2.12. The van der Waals surface area contributed by atoms with Gasteiger partial charge in [-0.2, -0.15) is 0 Å². The van der Waals surface area contributed by atoms with Crippen molar-refractivity contribution in [1.29, 1.82) is 0 Å². The van der Waals surface area contributed by atoms with E-state index in [4.69, 9.17) is 0 Å². The van der Waals surface area contributed by atoms with Crippen molar-refractivity contribution >= 4 is 35.6 Å². The molecule has 1 fully saturated rings. The lowest BCUT2D eigenvalue weighted by atomic mass is 10.1. The van der Waals surface area contributed by atoms with E-state index in [2.05, 4.69) is 27.4 Å². The van der Waals surface area contributed by atoms with Gasteiger partial charge in [0.1, 0.15) is 0 Å². The molecule has 1 aliphatic heterocycles. The van der Waals surface area contributed by atoms with E-state index < -0.39 is 0 Å². The molecule has 0 saturated carbocycles. The number of guanidine groups is 1. The summed E-state index contributed by atoms with van der Waals surface area (Å²) in [6, 6.07) is 7.03. The molecule has 140 valence electrons. The summed E-state index contributed by atoms with van der Waals surface area (Å²) < 4.78 is 0. The third-order valence-electron chi connectivity index (χ3n) is 4.30. The van der Waals surface area contributed by atoms with Crippen molar-refractivity contribution in [3.8, 4) is 0 Å². The van der Waals surface area contributed by atoms with Crippen LogP contribution in [0.5, 0.6) is 0 Å². The molecule has 0 spiro atoms. The largest absolute Gasteiger partial charge is 0.354 e. The Labute approximate surface area is 166 Å². The van der Waals surface area contributed by atoms with Gasteiger partial charge < -0.3 is 15.5 Å². The zero-order chi connectivity index (χ0) is 17.4. The second kappa shape index (κ2) is 11.2. The lowest BCUT2D eigenvalue weighted by Crippen LogP contribution is -2.48. The van der Waals surface area contributed by atoms with Crippen molar-refractivity contribution in [3.63, 3.8) is 0 Å². The van der Waals surface area contributed by atoms with E-state index in [0.29, 0.717) is 12.6 Å². The first-order valence-electron chi connectivity index (χ1n) is 8.55. The Morgan fingerprint density at radius 1 is 1.32 bits per heavy atom. The van der Waals surface area contributed by atoms with E-state index >= 15 is 0 Å². The van der Waals surface area contributed by atoms with Crippen LogP contribution in [0.25, 0.3) is 0 Å². The van der Waals surface area contributed by atoms with E-state index in [-0.39, 0.29) is 34.6 Å².